The lowest BCUT2D eigenvalue weighted by molar-refractivity contribution is 0.457. The highest BCUT2D eigenvalue weighted by molar-refractivity contribution is 7.71. The lowest BCUT2D eigenvalue weighted by atomic mass is 9.90. The van der Waals surface area contributed by atoms with Crippen LogP contribution in [0.5, 0.6) is 0 Å². The molecule has 0 amide bonds. The lowest BCUT2D eigenvalue weighted by Crippen LogP contribution is -2.27. The van der Waals surface area contributed by atoms with E-state index >= 15 is 0 Å². The van der Waals surface area contributed by atoms with Gasteiger partial charge in [-0.15, -0.1) is 0 Å². The van der Waals surface area contributed by atoms with Gasteiger partial charge >= 0.3 is 0 Å². The van der Waals surface area contributed by atoms with Crippen LogP contribution in [0.1, 0.15) is 30.0 Å². The molecule has 0 radical (unpaired) electrons. The number of nitrogens with one attached hydrogen (secondary N) is 2. The number of aromatic nitrogens is 2. The highest BCUT2D eigenvalue weighted by Crippen LogP contribution is 2.25. The number of H-pyrrole nitrogens is 1. The van der Waals surface area contributed by atoms with Crippen LogP contribution >= 0.6 is 12.2 Å². The average Bonchev–Trinajstić information content (AvgIpc) is 2.19. The molecule has 0 aliphatic carbocycles. The smallest absolute Gasteiger partial charge is 0.196 e. The van der Waals surface area contributed by atoms with E-state index in [0.29, 0.717) is 10.7 Å². The molecule has 0 spiro atoms. The minimum Gasteiger partial charge on any atom is -0.335 e. The Morgan fingerprint density at radius 1 is 1.43 bits per heavy atom. The first-order chi connectivity index (χ1) is 6.77. The Labute approximate surface area is 89.0 Å². The first-order valence-corrected chi connectivity index (χ1v) is 5.45. The van der Waals surface area contributed by atoms with Gasteiger partial charge in [0.15, 0.2) is 4.77 Å². The van der Waals surface area contributed by atoms with Gasteiger partial charge in [-0.1, -0.05) is 0 Å². The van der Waals surface area contributed by atoms with Crippen LogP contribution in [-0.2, 0) is 0 Å². The van der Waals surface area contributed by atoms with Crippen LogP contribution in [0.4, 0.5) is 0 Å². The van der Waals surface area contributed by atoms with Crippen molar-refractivity contribution in [2.45, 2.75) is 25.7 Å². The molecule has 0 bridgehead atoms. The third-order valence-electron chi connectivity index (χ3n) is 2.83. The lowest BCUT2D eigenvalue weighted by Gasteiger charge is -2.23. The van der Waals surface area contributed by atoms with Crippen molar-refractivity contribution in [2.24, 2.45) is 0 Å². The molecule has 0 aromatic carbocycles. The quantitative estimate of drug-likeness (QED) is 0.694. The molecule has 14 heavy (non-hydrogen) atoms. The number of nitrogens with zero attached hydrogens (tertiary/aromatic N) is 1. The van der Waals surface area contributed by atoms with Crippen LogP contribution < -0.4 is 5.32 Å². The van der Waals surface area contributed by atoms with Crippen LogP contribution in [-0.4, -0.2) is 23.1 Å². The molecule has 0 saturated carbocycles. The molecule has 1 aliphatic heterocycles. The van der Waals surface area contributed by atoms with Crippen molar-refractivity contribution < 1.29 is 0 Å². The predicted octanol–water partition coefficient (Wildman–Crippen LogP) is 1.91. The van der Waals surface area contributed by atoms with Crippen molar-refractivity contribution >= 4 is 12.2 Å². The van der Waals surface area contributed by atoms with Crippen LogP contribution in [0.2, 0.25) is 0 Å². The second-order valence-electron chi connectivity index (χ2n) is 3.79. The maximum atomic E-state index is 4.98. The van der Waals surface area contributed by atoms with E-state index in [0.717, 1.165) is 13.1 Å². The minimum absolute atomic E-state index is 0.584. The number of aromatic amines is 1. The summed E-state index contributed by atoms with van der Waals surface area (Å²) in [5.41, 5.74) is 2.51. The van der Waals surface area contributed by atoms with E-state index in [4.69, 9.17) is 12.2 Å². The molecule has 3 nitrogen and oxygen atoms in total. The van der Waals surface area contributed by atoms with E-state index in [1.54, 1.807) is 0 Å². The maximum Gasteiger partial charge on any atom is 0.196 e. The van der Waals surface area contributed by atoms with Gasteiger partial charge in [0.25, 0.3) is 0 Å². The minimum atomic E-state index is 0.584. The van der Waals surface area contributed by atoms with Gasteiger partial charge in [-0.2, -0.15) is 0 Å². The fraction of sp³-hybridized carbons (Fsp3) is 0.600. The fourth-order valence-electron chi connectivity index (χ4n) is 2.03. The van der Waals surface area contributed by atoms with Crippen molar-refractivity contribution in [3.05, 3.63) is 22.2 Å². The molecular weight excluding hydrogens is 194 g/mol. The summed E-state index contributed by atoms with van der Waals surface area (Å²) in [5.74, 6) is 0.649. The number of aryl methyl sites for hydroxylation is 1. The van der Waals surface area contributed by atoms with Crippen molar-refractivity contribution in [1.29, 1.82) is 0 Å². The normalized spacial score (nSPS) is 18.4. The highest BCUT2D eigenvalue weighted by atomic mass is 32.1. The predicted molar refractivity (Wildman–Crippen MR) is 59.0 cm³/mol. The van der Waals surface area contributed by atoms with Gasteiger partial charge < -0.3 is 10.3 Å². The Morgan fingerprint density at radius 2 is 2.14 bits per heavy atom. The zero-order valence-electron chi connectivity index (χ0n) is 8.34. The number of piperidine rings is 1. The largest absolute Gasteiger partial charge is 0.335 e. The van der Waals surface area contributed by atoms with Gasteiger partial charge in [0, 0.05) is 11.9 Å². The number of hydrogen-bond acceptors (Lipinski definition) is 3. The topological polar surface area (TPSA) is 40.7 Å². The van der Waals surface area contributed by atoms with Crippen LogP contribution in [0.15, 0.2) is 6.20 Å². The summed E-state index contributed by atoms with van der Waals surface area (Å²) in [6.45, 7) is 4.30. The maximum absolute atomic E-state index is 4.98. The number of hydrogen-bond donors (Lipinski definition) is 2. The fourth-order valence-corrected chi connectivity index (χ4v) is 2.24. The second-order valence-corrected chi connectivity index (χ2v) is 4.18. The first kappa shape index (κ1) is 9.80. The van der Waals surface area contributed by atoms with Crippen molar-refractivity contribution in [3.63, 3.8) is 0 Å². The molecular formula is C10H15N3S. The van der Waals surface area contributed by atoms with E-state index in [1.165, 1.54) is 24.1 Å². The van der Waals surface area contributed by atoms with Crippen LogP contribution in [0.25, 0.3) is 0 Å². The molecule has 2 N–H and O–H groups in total. The summed E-state index contributed by atoms with van der Waals surface area (Å²) in [5, 5.41) is 3.36. The molecule has 2 heterocycles. The molecule has 1 fully saturated rings. The zero-order valence-corrected chi connectivity index (χ0v) is 9.16. The Bertz CT molecular complexity index is 366. The van der Waals surface area contributed by atoms with E-state index < -0.39 is 0 Å². The number of rotatable bonds is 1. The summed E-state index contributed by atoms with van der Waals surface area (Å²) >= 11 is 4.98. The Hall–Kier alpha value is -0.740. The molecule has 1 aliphatic rings. The van der Waals surface area contributed by atoms with Gasteiger partial charge in [0.05, 0.1) is 0 Å². The summed E-state index contributed by atoms with van der Waals surface area (Å²) in [6.07, 6.45) is 4.34. The summed E-state index contributed by atoms with van der Waals surface area (Å²) in [6, 6.07) is 0. The average molecular weight is 209 g/mol. The third kappa shape index (κ3) is 2.01. The molecule has 1 saturated heterocycles. The van der Waals surface area contributed by atoms with Gasteiger partial charge in [-0.25, -0.2) is 4.98 Å². The molecule has 2 rings (SSSR count). The zero-order chi connectivity index (χ0) is 9.97. The summed E-state index contributed by atoms with van der Waals surface area (Å²) in [7, 11) is 0. The van der Waals surface area contributed by atoms with Crippen molar-refractivity contribution in [2.75, 3.05) is 13.1 Å². The van der Waals surface area contributed by atoms with Gasteiger partial charge in [0.2, 0.25) is 0 Å². The Morgan fingerprint density at radius 3 is 2.79 bits per heavy atom. The van der Waals surface area contributed by atoms with E-state index in [9.17, 15) is 0 Å². The molecule has 76 valence electrons. The third-order valence-corrected chi connectivity index (χ3v) is 3.03. The second kappa shape index (κ2) is 4.19. The van der Waals surface area contributed by atoms with E-state index in [1.807, 2.05) is 6.20 Å². The molecule has 1 aromatic rings. The van der Waals surface area contributed by atoms with Crippen molar-refractivity contribution in [1.82, 2.24) is 15.3 Å². The Kier molecular flexibility index (Phi) is 2.93. The molecule has 4 heteroatoms. The Balaban J connectivity index is 2.26. The van der Waals surface area contributed by atoms with Gasteiger partial charge in [-0.3, -0.25) is 0 Å². The standard InChI is InChI=1S/C10H15N3S/c1-7-9(6-12-10(14)13-7)8-2-4-11-5-3-8/h6,8,11H,2-5H2,1H3,(H,12,13,14). The van der Waals surface area contributed by atoms with E-state index in [-0.39, 0.29) is 0 Å². The first-order valence-electron chi connectivity index (χ1n) is 5.04. The highest BCUT2D eigenvalue weighted by Gasteiger charge is 2.17. The monoisotopic (exact) mass is 209 g/mol. The summed E-state index contributed by atoms with van der Waals surface area (Å²) < 4.78 is 0.584. The molecule has 1 aromatic heterocycles. The SMILES string of the molecule is Cc1[nH]c(=S)ncc1C1CCNCC1. The van der Waals surface area contributed by atoms with Crippen LogP contribution in [0, 0.1) is 11.7 Å². The van der Waals surface area contributed by atoms with Gasteiger partial charge in [-0.05, 0) is 56.6 Å². The summed E-state index contributed by atoms with van der Waals surface area (Å²) in [4.78, 5) is 7.27. The molecule has 0 atom stereocenters. The molecule has 0 unspecified atom stereocenters. The van der Waals surface area contributed by atoms with E-state index in [2.05, 4.69) is 22.2 Å². The van der Waals surface area contributed by atoms with Crippen molar-refractivity contribution in [3.8, 4) is 0 Å². The van der Waals surface area contributed by atoms with Crippen LogP contribution in [0.3, 0.4) is 0 Å². The van der Waals surface area contributed by atoms with Gasteiger partial charge in [0.1, 0.15) is 0 Å².